The van der Waals surface area contributed by atoms with Crippen LogP contribution in [0.2, 0.25) is 0 Å². The Kier molecular flexibility index (Phi) is 5.21. The number of hydrogen-bond donors (Lipinski definition) is 2. The van der Waals surface area contributed by atoms with Crippen LogP contribution in [0, 0.1) is 0 Å². The number of halogens is 2. The van der Waals surface area contributed by atoms with Gasteiger partial charge in [-0.15, -0.1) is 0 Å². The minimum absolute atomic E-state index is 0.0647. The number of nitrogens with zero attached hydrogens (tertiary/aromatic N) is 1. The molecular formula is C9H10Br2N2O2. The standard InChI is InChI=1S/C9H10Br2N2O2/c10-6-4-7(11)8(13-5-6)9(15)12-2-1-3-14/h4-5,14H,1-3H2,(H,12,15). The van der Waals surface area contributed by atoms with Crippen molar-refractivity contribution in [3.63, 3.8) is 0 Å². The molecule has 1 aromatic rings. The van der Waals surface area contributed by atoms with Gasteiger partial charge in [0.05, 0.1) is 4.47 Å². The Labute approximate surface area is 104 Å². The highest BCUT2D eigenvalue weighted by Crippen LogP contribution is 2.19. The Morgan fingerprint density at radius 3 is 2.87 bits per heavy atom. The molecule has 1 aromatic heterocycles. The van der Waals surface area contributed by atoms with E-state index in [1.807, 2.05) is 0 Å². The van der Waals surface area contributed by atoms with Crippen LogP contribution in [0.5, 0.6) is 0 Å². The van der Waals surface area contributed by atoms with Gasteiger partial charge >= 0.3 is 0 Å². The molecule has 0 bridgehead atoms. The van der Waals surface area contributed by atoms with Gasteiger partial charge in [-0.2, -0.15) is 0 Å². The van der Waals surface area contributed by atoms with E-state index in [0.717, 1.165) is 4.47 Å². The molecular weight excluding hydrogens is 328 g/mol. The van der Waals surface area contributed by atoms with E-state index in [9.17, 15) is 4.79 Å². The third-order valence-corrected chi connectivity index (χ3v) is 2.68. The lowest BCUT2D eigenvalue weighted by molar-refractivity contribution is 0.0945. The number of aliphatic hydroxyl groups is 1. The van der Waals surface area contributed by atoms with E-state index in [-0.39, 0.29) is 12.5 Å². The van der Waals surface area contributed by atoms with E-state index >= 15 is 0 Å². The number of hydrogen-bond acceptors (Lipinski definition) is 3. The summed E-state index contributed by atoms with van der Waals surface area (Å²) in [6, 6.07) is 1.76. The molecule has 1 heterocycles. The Balaban J connectivity index is 2.65. The molecule has 0 saturated heterocycles. The number of carbonyl (C=O) groups excluding carboxylic acids is 1. The fourth-order valence-corrected chi connectivity index (χ4v) is 2.11. The van der Waals surface area contributed by atoms with E-state index in [1.165, 1.54) is 0 Å². The number of carbonyl (C=O) groups is 1. The molecule has 2 N–H and O–H groups in total. The van der Waals surface area contributed by atoms with Crippen molar-refractivity contribution in [2.45, 2.75) is 6.42 Å². The normalized spacial score (nSPS) is 10.1. The lowest BCUT2D eigenvalue weighted by atomic mass is 10.3. The van der Waals surface area contributed by atoms with Crippen molar-refractivity contribution < 1.29 is 9.90 Å². The average molecular weight is 338 g/mol. The summed E-state index contributed by atoms with van der Waals surface area (Å²) >= 11 is 6.51. The Bertz CT molecular complexity index is 358. The van der Waals surface area contributed by atoms with Crippen molar-refractivity contribution in [1.82, 2.24) is 10.3 Å². The summed E-state index contributed by atoms with van der Waals surface area (Å²) in [6.45, 7) is 0.509. The van der Waals surface area contributed by atoms with Crippen molar-refractivity contribution in [2.24, 2.45) is 0 Å². The Morgan fingerprint density at radius 1 is 1.53 bits per heavy atom. The fourth-order valence-electron chi connectivity index (χ4n) is 0.946. The molecule has 0 saturated carbocycles. The third kappa shape index (κ3) is 3.89. The van der Waals surface area contributed by atoms with Crippen LogP contribution >= 0.6 is 31.9 Å². The molecule has 0 aliphatic rings. The highest BCUT2D eigenvalue weighted by atomic mass is 79.9. The minimum Gasteiger partial charge on any atom is -0.396 e. The molecule has 15 heavy (non-hydrogen) atoms. The van der Waals surface area contributed by atoms with Gasteiger partial charge in [0.2, 0.25) is 0 Å². The summed E-state index contributed by atoms with van der Waals surface area (Å²) < 4.78 is 1.44. The van der Waals surface area contributed by atoms with Gasteiger partial charge in [0.1, 0.15) is 5.69 Å². The molecule has 0 atom stereocenters. The van der Waals surface area contributed by atoms with Gasteiger partial charge in [0, 0.05) is 23.8 Å². The molecule has 0 aliphatic heterocycles. The van der Waals surface area contributed by atoms with Crippen LogP contribution in [0.25, 0.3) is 0 Å². The largest absolute Gasteiger partial charge is 0.396 e. The topological polar surface area (TPSA) is 62.2 Å². The fraction of sp³-hybridized carbons (Fsp3) is 0.333. The van der Waals surface area contributed by atoms with Gasteiger partial charge < -0.3 is 10.4 Å². The highest BCUT2D eigenvalue weighted by Gasteiger charge is 2.10. The average Bonchev–Trinajstić information content (AvgIpc) is 2.17. The van der Waals surface area contributed by atoms with Gasteiger partial charge in [0.25, 0.3) is 5.91 Å². The Morgan fingerprint density at radius 2 is 2.27 bits per heavy atom. The van der Waals surface area contributed by atoms with Crippen LogP contribution in [-0.2, 0) is 0 Å². The third-order valence-electron chi connectivity index (χ3n) is 1.64. The van der Waals surface area contributed by atoms with E-state index in [4.69, 9.17) is 5.11 Å². The summed E-state index contributed by atoms with van der Waals surface area (Å²) in [4.78, 5) is 15.5. The van der Waals surface area contributed by atoms with E-state index < -0.39 is 0 Å². The zero-order valence-corrected chi connectivity index (χ0v) is 11.0. The minimum atomic E-state index is -0.247. The summed E-state index contributed by atoms with van der Waals surface area (Å²) in [5.41, 5.74) is 0.344. The second-order valence-corrected chi connectivity index (χ2v) is 4.59. The van der Waals surface area contributed by atoms with Crippen molar-refractivity contribution >= 4 is 37.8 Å². The van der Waals surface area contributed by atoms with Crippen LogP contribution in [0.1, 0.15) is 16.9 Å². The van der Waals surface area contributed by atoms with Crippen molar-refractivity contribution in [1.29, 1.82) is 0 Å². The summed E-state index contributed by atoms with van der Waals surface area (Å²) in [6.07, 6.45) is 2.10. The van der Waals surface area contributed by atoms with Crippen molar-refractivity contribution in [3.8, 4) is 0 Å². The summed E-state index contributed by atoms with van der Waals surface area (Å²) in [5, 5.41) is 11.2. The van der Waals surface area contributed by atoms with Gasteiger partial charge in [-0.1, -0.05) is 0 Å². The van der Waals surface area contributed by atoms with Gasteiger partial charge in [-0.3, -0.25) is 4.79 Å². The molecule has 0 aromatic carbocycles. The molecule has 4 nitrogen and oxygen atoms in total. The first kappa shape index (κ1) is 12.6. The first-order chi connectivity index (χ1) is 7.15. The number of aliphatic hydroxyl groups excluding tert-OH is 1. The monoisotopic (exact) mass is 336 g/mol. The smallest absolute Gasteiger partial charge is 0.271 e. The van der Waals surface area contributed by atoms with E-state index in [0.29, 0.717) is 23.1 Å². The molecule has 0 radical (unpaired) electrons. The molecule has 82 valence electrons. The number of nitrogens with one attached hydrogen (secondary N) is 1. The quantitative estimate of drug-likeness (QED) is 0.822. The molecule has 6 heteroatoms. The maximum absolute atomic E-state index is 11.6. The summed E-state index contributed by atoms with van der Waals surface area (Å²) in [5.74, 6) is -0.247. The van der Waals surface area contributed by atoms with E-state index in [1.54, 1.807) is 12.3 Å². The maximum Gasteiger partial charge on any atom is 0.271 e. The zero-order chi connectivity index (χ0) is 11.3. The number of amides is 1. The maximum atomic E-state index is 11.6. The van der Waals surface area contributed by atoms with Gasteiger partial charge in [-0.05, 0) is 44.3 Å². The molecule has 1 amide bonds. The second-order valence-electron chi connectivity index (χ2n) is 2.82. The number of aromatic nitrogens is 1. The second kappa shape index (κ2) is 6.19. The summed E-state index contributed by atoms with van der Waals surface area (Å²) in [7, 11) is 0. The van der Waals surface area contributed by atoms with Crippen molar-refractivity contribution in [2.75, 3.05) is 13.2 Å². The van der Waals surface area contributed by atoms with Crippen molar-refractivity contribution in [3.05, 3.63) is 26.9 Å². The number of pyridine rings is 1. The van der Waals surface area contributed by atoms with Crippen LogP contribution in [-0.4, -0.2) is 29.1 Å². The molecule has 0 unspecified atom stereocenters. The zero-order valence-electron chi connectivity index (χ0n) is 7.83. The van der Waals surface area contributed by atoms with Crippen LogP contribution in [0.4, 0.5) is 0 Å². The first-order valence-corrected chi connectivity index (χ1v) is 5.94. The van der Waals surface area contributed by atoms with Crippen LogP contribution < -0.4 is 5.32 Å². The van der Waals surface area contributed by atoms with Crippen LogP contribution in [0.3, 0.4) is 0 Å². The van der Waals surface area contributed by atoms with Crippen LogP contribution in [0.15, 0.2) is 21.2 Å². The van der Waals surface area contributed by atoms with E-state index in [2.05, 4.69) is 42.2 Å². The lowest BCUT2D eigenvalue weighted by Crippen LogP contribution is -2.26. The van der Waals surface area contributed by atoms with Gasteiger partial charge in [-0.25, -0.2) is 4.98 Å². The molecule has 0 fully saturated rings. The molecule has 0 aliphatic carbocycles. The first-order valence-electron chi connectivity index (χ1n) is 4.35. The predicted molar refractivity (Wildman–Crippen MR) is 63.7 cm³/mol. The molecule has 0 spiro atoms. The van der Waals surface area contributed by atoms with Gasteiger partial charge in [0.15, 0.2) is 0 Å². The predicted octanol–water partition coefficient (Wildman–Crippen LogP) is 1.72. The SMILES string of the molecule is O=C(NCCCO)c1ncc(Br)cc1Br. The molecule has 1 rings (SSSR count). The Hall–Kier alpha value is -0.460. The number of rotatable bonds is 4. The highest BCUT2D eigenvalue weighted by molar-refractivity contribution is 9.11. The lowest BCUT2D eigenvalue weighted by Gasteiger charge is -2.05.